The fourth-order valence-electron chi connectivity index (χ4n) is 1.78. The van der Waals surface area contributed by atoms with Crippen molar-refractivity contribution in [3.05, 3.63) is 40.1 Å². The normalized spacial score (nSPS) is 12.1. The van der Waals surface area contributed by atoms with Crippen molar-refractivity contribution < 1.29 is 0 Å². The zero-order valence-corrected chi connectivity index (χ0v) is 11.0. The monoisotopic (exact) mass is 253 g/mol. The van der Waals surface area contributed by atoms with Gasteiger partial charge in [-0.2, -0.15) is 0 Å². The molecule has 2 rings (SSSR count). The molecule has 0 aliphatic carbocycles. The van der Waals surface area contributed by atoms with Gasteiger partial charge in [0.25, 0.3) is 0 Å². The van der Waals surface area contributed by atoms with Gasteiger partial charge in [0.05, 0.1) is 0 Å². The molecule has 1 aromatic carbocycles. The molecule has 0 atom stereocenters. The number of fused-ring (bicyclic) bond motifs is 1. The molecular weight excluding hydrogens is 241 g/mol. The standard InChI is InChI=1S/C13H13Cl2N/c1-13(2,3)11-7-16-12(15)10-6-8(14)4-5-9(10)11/h4-7H,1-3H3. The Morgan fingerprint density at radius 2 is 1.75 bits per heavy atom. The van der Waals surface area contributed by atoms with E-state index in [-0.39, 0.29) is 5.41 Å². The van der Waals surface area contributed by atoms with Gasteiger partial charge in [-0.25, -0.2) is 4.98 Å². The van der Waals surface area contributed by atoms with Crippen LogP contribution in [0.25, 0.3) is 10.8 Å². The maximum atomic E-state index is 6.08. The third-order valence-electron chi connectivity index (χ3n) is 2.61. The number of halogens is 2. The lowest BCUT2D eigenvalue weighted by molar-refractivity contribution is 0.593. The Hall–Kier alpha value is -0.790. The number of hydrogen-bond acceptors (Lipinski definition) is 1. The van der Waals surface area contributed by atoms with E-state index in [1.165, 1.54) is 5.56 Å². The van der Waals surface area contributed by atoms with E-state index in [9.17, 15) is 0 Å². The summed E-state index contributed by atoms with van der Waals surface area (Å²) in [6.07, 6.45) is 1.85. The molecule has 0 saturated carbocycles. The highest BCUT2D eigenvalue weighted by Crippen LogP contribution is 2.33. The lowest BCUT2D eigenvalue weighted by Gasteiger charge is -2.21. The summed E-state index contributed by atoms with van der Waals surface area (Å²) in [4.78, 5) is 4.22. The van der Waals surface area contributed by atoms with Crippen LogP contribution in [0.2, 0.25) is 10.2 Å². The number of aromatic nitrogens is 1. The minimum atomic E-state index is 0.0453. The van der Waals surface area contributed by atoms with Crippen LogP contribution in [-0.2, 0) is 5.41 Å². The van der Waals surface area contributed by atoms with E-state index < -0.39 is 0 Å². The Balaban J connectivity index is 2.85. The van der Waals surface area contributed by atoms with Gasteiger partial charge in [0.1, 0.15) is 5.15 Å². The molecule has 1 aromatic heterocycles. The molecule has 84 valence electrons. The van der Waals surface area contributed by atoms with Gasteiger partial charge in [0.15, 0.2) is 0 Å². The van der Waals surface area contributed by atoms with Gasteiger partial charge in [-0.3, -0.25) is 0 Å². The first-order chi connectivity index (χ1) is 7.39. The number of rotatable bonds is 0. The highest BCUT2D eigenvalue weighted by atomic mass is 35.5. The van der Waals surface area contributed by atoms with Crippen LogP contribution >= 0.6 is 23.2 Å². The second-order valence-corrected chi connectivity index (χ2v) is 5.70. The van der Waals surface area contributed by atoms with E-state index in [1.54, 1.807) is 0 Å². The molecule has 2 aromatic rings. The molecule has 0 amide bonds. The molecule has 0 fully saturated rings. The molecule has 0 bridgehead atoms. The second-order valence-electron chi connectivity index (χ2n) is 4.90. The summed E-state index contributed by atoms with van der Waals surface area (Å²) < 4.78 is 0. The Morgan fingerprint density at radius 1 is 1.06 bits per heavy atom. The third kappa shape index (κ3) is 2.02. The van der Waals surface area contributed by atoms with Crippen LogP contribution in [0.15, 0.2) is 24.4 Å². The van der Waals surface area contributed by atoms with Crippen LogP contribution in [-0.4, -0.2) is 4.98 Å². The Bertz CT molecular complexity index is 541. The van der Waals surface area contributed by atoms with Crippen LogP contribution in [0.5, 0.6) is 0 Å². The molecule has 16 heavy (non-hydrogen) atoms. The highest BCUT2D eigenvalue weighted by molar-refractivity contribution is 6.36. The average Bonchev–Trinajstić information content (AvgIpc) is 2.17. The maximum absolute atomic E-state index is 6.08. The predicted octanol–water partition coefficient (Wildman–Crippen LogP) is 4.84. The molecule has 0 radical (unpaired) electrons. The van der Waals surface area contributed by atoms with E-state index in [0.717, 1.165) is 10.8 Å². The van der Waals surface area contributed by atoms with Crippen molar-refractivity contribution in [1.29, 1.82) is 0 Å². The van der Waals surface area contributed by atoms with Gasteiger partial charge in [0, 0.05) is 16.6 Å². The van der Waals surface area contributed by atoms with Gasteiger partial charge in [-0.15, -0.1) is 0 Å². The first-order valence-electron chi connectivity index (χ1n) is 5.14. The fourth-order valence-corrected chi connectivity index (χ4v) is 2.16. The van der Waals surface area contributed by atoms with Gasteiger partial charge in [-0.1, -0.05) is 50.0 Å². The van der Waals surface area contributed by atoms with Crippen LogP contribution in [0.4, 0.5) is 0 Å². The lowest BCUT2D eigenvalue weighted by atomic mass is 9.85. The minimum Gasteiger partial charge on any atom is -0.244 e. The van der Waals surface area contributed by atoms with Gasteiger partial charge >= 0.3 is 0 Å². The zero-order chi connectivity index (χ0) is 11.9. The number of benzene rings is 1. The van der Waals surface area contributed by atoms with Gasteiger partial charge in [0.2, 0.25) is 0 Å². The summed E-state index contributed by atoms with van der Waals surface area (Å²) in [6, 6.07) is 5.75. The van der Waals surface area contributed by atoms with Gasteiger partial charge < -0.3 is 0 Å². The molecular formula is C13H13Cl2N. The summed E-state index contributed by atoms with van der Waals surface area (Å²) >= 11 is 12.1. The molecule has 0 unspecified atom stereocenters. The van der Waals surface area contributed by atoms with Crippen molar-refractivity contribution in [2.45, 2.75) is 26.2 Å². The van der Waals surface area contributed by atoms with Crippen molar-refractivity contribution >= 4 is 34.0 Å². The molecule has 0 spiro atoms. The molecule has 1 nitrogen and oxygen atoms in total. The van der Waals surface area contributed by atoms with E-state index in [1.807, 2.05) is 24.4 Å². The molecule has 0 aliphatic heterocycles. The summed E-state index contributed by atoms with van der Waals surface area (Å²) in [7, 11) is 0. The Labute approximate surface area is 105 Å². The van der Waals surface area contributed by atoms with Crippen LogP contribution in [0, 0.1) is 0 Å². The third-order valence-corrected chi connectivity index (χ3v) is 3.15. The first-order valence-corrected chi connectivity index (χ1v) is 5.89. The predicted molar refractivity (Wildman–Crippen MR) is 70.5 cm³/mol. The minimum absolute atomic E-state index is 0.0453. The topological polar surface area (TPSA) is 12.9 Å². The van der Waals surface area contributed by atoms with E-state index in [4.69, 9.17) is 23.2 Å². The Morgan fingerprint density at radius 3 is 2.38 bits per heavy atom. The second kappa shape index (κ2) is 3.90. The number of hydrogen-bond donors (Lipinski definition) is 0. The van der Waals surface area contributed by atoms with Crippen molar-refractivity contribution in [2.75, 3.05) is 0 Å². The quantitative estimate of drug-likeness (QED) is 0.613. The van der Waals surface area contributed by atoms with Crippen LogP contribution in [0.1, 0.15) is 26.3 Å². The highest BCUT2D eigenvalue weighted by Gasteiger charge is 2.18. The summed E-state index contributed by atoms with van der Waals surface area (Å²) in [5.41, 5.74) is 1.23. The van der Waals surface area contributed by atoms with Crippen molar-refractivity contribution in [2.24, 2.45) is 0 Å². The van der Waals surface area contributed by atoms with E-state index >= 15 is 0 Å². The van der Waals surface area contributed by atoms with Crippen molar-refractivity contribution in [1.82, 2.24) is 4.98 Å². The lowest BCUT2D eigenvalue weighted by Crippen LogP contribution is -2.12. The summed E-state index contributed by atoms with van der Waals surface area (Å²) in [5, 5.41) is 3.23. The van der Waals surface area contributed by atoms with Crippen molar-refractivity contribution in [3.63, 3.8) is 0 Å². The van der Waals surface area contributed by atoms with Crippen LogP contribution in [0.3, 0.4) is 0 Å². The largest absolute Gasteiger partial charge is 0.244 e. The van der Waals surface area contributed by atoms with E-state index in [0.29, 0.717) is 10.2 Å². The average molecular weight is 254 g/mol. The molecule has 0 saturated heterocycles. The fraction of sp³-hybridized carbons (Fsp3) is 0.308. The maximum Gasteiger partial charge on any atom is 0.136 e. The summed E-state index contributed by atoms with van der Waals surface area (Å²) in [5.74, 6) is 0. The SMILES string of the molecule is CC(C)(C)c1cnc(Cl)c2cc(Cl)ccc12. The van der Waals surface area contributed by atoms with Crippen LogP contribution < -0.4 is 0 Å². The molecule has 0 aliphatic rings. The first kappa shape index (κ1) is 11.7. The molecule has 3 heteroatoms. The Kier molecular flexibility index (Phi) is 2.85. The zero-order valence-electron chi connectivity index (χ0n) is 9.51. The molecule has 0 N–H and O–H groups in total. The smallest absolute Gasteiger partial charge is 0.136 e. The van der Waals surface area contributed by atoms with Crippen molar-refractivity contribution in [3.8, 4) is 0 Å². The number of pyridine rings is 1. The molecule has 1 heterocycles. The summed E-state index contributed by atoms with van der Waals surface area (Å²) in [6.45, 7) is 6.48. The van der Waals surface area contributed by atoms with E-state index in [2.05, 4.69) is 25.8 Å². The number of nitrogens with zero attached hydrogens (tertiary/aromatic N) is 1. The van der Waals surface area contributed by atoms with Gasteiger partial charge in [-0.05, 0) is 28.5 Å².